The maximum atomic E-state index is 5.35. The van der Waals surface area contributed by atoms with Gasteiger partial charge in [0, 0.05) is 12.6 Å². The van der Waals surface area contributed by atoms with Gasteiger partial charge >= 0.3 is 0 Å². The minimum absolute atomic E-state index is 0.499. The van der Waals surface area contributed by atoms with Crippen molar-refractivity contribution in [1.29, 1.82) is 0 Å². The number of ether oxygens (including phenoxy) is 1. The van der Waals surface area contributed by atoms with E-state index in [1.54, 1.807) is 6.08 Å². The van der Waals surface area contributed by atoms with Gasteiger partial charge in [0.15, 0.2) is 0 Å². The predicted molar refractivity (Wildman–Crippen MR) is 61.9 cm³/mol. The lowest BCUT2D eigenvalue weighted by molar-refractivity contribution is 0.347. The summed E-state index contributed by atoms with van der Waals surface area (Å²) < 4.78 is 5.35. The Bertz CT molecular complexity index is 299. The van der Waals surface area contributed by atoms with Gasteiger partial charge < -0.3 is 10.1 Å². The average Bonchev–Trinajstić information content (AvgIpc) is 2.27. The molecule has 1 aromatic rings. The Hall–Kier alpha value is -1.35. The topological polar surface area (TPSA) is 34.1 Å². The molecule has 15 heavy (non-hydrogen) atoms. The van der Waals surface area contributed by atoms with Crippen LogP contribution in [0.2, 0.25) is 0 Å². The molecule has 3 nitrogen and oxygen atoms in total. The summed E-state index contributed by atoms with van der Waals surface area (Å²) in [7, 11) is 0. The Labute approximate surface area is 91.2 Å². The number of rotatable bonds is 7. The molecule has 0 fully saturated rings. The second-order valence-corrected chi connectivity index (χ2v) is 3.24. The van der Waals surface area contributed by atoms with Crippen molar-refractivity contribution in [3.63, 3.8) is 0 Å². The van der Waals surface area contributed by atoms with E-state index in [2.05, 4.69) is 23.8 Å². The number of nitrogens with zero attached hydrogens (tertiary/aromatic N) is 1. The molecule has 0 unspecified atom stereocenters. The van der Waals surface area contributed by atoms with Crippen molar-refractivity contribution in [2.75, 3.05) is 13.2 Å². The lowest BCUT2D eigenvalue weighted by Gasteiger charge is -2.05. The molecule has 3 heteroatoms. The van der Waals surface area contributed by atoms with Gasteiger partial charge in [-0.05, 0) is 19.0 Å². The summed E-state index contributed by atoms with van der Waals surface area (Å²) in [5, 5.41) is 3.30. The summed E-state index contributed by atoms with van der Waals surface area (Å²) in [5.74, 6) is 0.658. The van der Waals surface area contributed by atoms with Crippen LogP contribution in [0.15, 0.2) is 30.9 Å². The van der Waals surface area contributed by atoms with Crippen molar-refractivity contribution in [2.24, 2.45) is 0 Å². The van der Waals surface area contributed by atoms with E-state index in [1.165, 1.54) is 0 Å². The van der Waals surface area contributed by atoms with Gasteiger partial charge in [-0.3, -0.25) is 0 Å². The second-order valence-electron chi connectivity index (χ2n) is 3.24. The molecule has 0 amide bonds. The van der Waals surface area contributed by atoms with Crippen LogP contribution in [0.5, 0.6) is 5.88 Å². The highest BCUT2D eigenvalue weighted by Gasteiger charge is 1.97. The molecule has 0 aromatic carbocycles. The zero-order valence-electron chi connectivity index (χ0n) is 9.20. The van der Waals surface area contributed by atoms with Crippen molar-refractivity contribution >= 4 is 0 Å². The van der Waals surface area contributed by atoms with Crippen LogP contribution in [0.1, 0.15) is 19.0 Å². The fraction of sp³-hybridized carbons (Fsp3) is 0.417. The first-order valence-electron chi connectivity index (χ1n) is 5.27. The van der Waals surface area contributed by atoms with E-state index in [0.717, 1.165) is 25.2 Å². The van der Waals surface area contributed by atoms with Crippen molar-refractivity contribution in [3.05, 3.63) is 36.5 Å². The molecule has 0 aliphatic heterocycles. The van der Waals surface area contributed by atoms with Crippen molar-refractivity contribution < 1.29 is 4.74 Å². The molecular weight excluding hydrogens is 188 g/mol. The van der Waals surface area contributed by atoms with Crippen LogP contribution in [-0.2, 0) is 6.54 Å². The van der Waals surface area contributed by atoms with Crippen molar-refractivity contribution in [1.82, 2.24) is 10.3 Å². The third-order valence-corrected chi connectivity index (χ3v) is 1.86. The van der Waals surface area contributed by atoms with Gasteiger partial charge in [-0.1, -0.05) is 25.6 Å². The van der Waals surface area contributed by atoms with Crippen LogP contribution in [0, 0.1) is 0 Å². The molecule has 1 rings (SSSR count). The fourth-order valence-electron chi connectivity index (χ4n) is 1.17. The van der Waals surface area contributed by atoms with E-state index in [1.807, 2.05) is 18.2 Å². The highest BCUT2D eigenvalue weighted by atomic mass is 16.5. The van der Waals surface area contributed by atoms with Gasteiger partial charge in [-0.15, -0.1) is 0 Å². The van der Waals surface area contributed by atoms with Crippen LogP contribution < -0.4 is 10.1 Å². The predicted octanol–water partition coefficient (Wildman–Crippen LogP) is 2.15. The standard InChI is InChI=1S/C12H18N2O/c1-3-8-13-10-11-6-5-7-12(14-11)15-9-4-2/h4-7,13H,2-3,8-10H2,1H3. The molecule has 0 bridgehead atoms. The zero-order valence-corrected chi connectivity index (χ0v) is 9.20. The van der Waals surface area contributed by atoms with Crippen LogP contribution >= 0.6 is 0 Å². The molecule has 82 valence electrons. The number of nitrogens with one attached hydrogen (secondary N) is 1. The average molecular weight is 206 g/mol. The molecule has 0 saturated heterocycles. The summed E-state index contributed by atoms with van der Waals surface area (Å²) in [6, 6.07) is 5.80. The summed E-state index contributed by atoms with van der Waals surface area (Å²) in [6.45, 7) is 8.04. The van der Waals surface area contributed by atoms with Crippen LogP contribution in [0.25, 0.3) is 0 Å². The minimum atomic E-state index is 0.499. The molecule has 0 spiro atoms. The normalized spacial score (nSPS) is 9.93. The molecular formula is C12H18N2O. The Morgan fingerprint density at radius 2 is 2.40 bits per heavy atom. The summed E-state index contributed by atoms with van der Waals surface area (Å²) in [5.41, 5.74) is 1.00. The van der Waals surface area contributed by atoms with Gasteiger partial charge in [0.05, 0.1) is 5.69 Å². The molecule has 0 saturated carbocycles. The van der Waals surface area contributed by atoms with Crippen molar-refractivity contribution in [2.45, 2.75) is 19.9 Å². The molecule has 1 aromatic heterocycles. The summed E-state index contributed by atoms with van der Waals surface area (Å²) in [4.78, 5) is 4.35. The highest BCUT2D eigenvalue weighted by Crippen LogP contribution is 2.07. The highest BCUT2D eigenvalue weighted by molar-refractivity contribution is 5.15. The Kier molecular flexibility index (Phi) is 5.48. The van der Waals surface area contributed by atoms with E-state index >= 15 is 0 Å². The lowest BCUT2D eigenvalue weighted by Crippen LogP contribution is -2.14. The number of pyridine rings is 1. The molecule has 0 radical (unpaired) electrons. The van der Waals surface area contributed by atoms with Gasteiger partial charge in [0.25, 0.3) is 0 Å². The first kappa shape index (κ1) is 11.7. The van der Waals surface area contributed by atoms with Crippen molar-refractivity contribution in [3.8, 4) is 5.88 Å². The lowest BCUT2D eigenvalue weighted by atomic mass is 10.3. The molecule has 0 aliphatic carbocycles. The van der Waals surface area contributed by atoms with Gasteiger partial charge in [-0.25, -0.2) is 4.98 Å². The first-order chi connectivity index (χ1) is 7.36. The molecule has 0 atom stereocenters. The number of hydrogen-bond acceptors (Lipinski definition) is 3. The maximum Gasteiger partial charge on any atom is 0.213 e. The summed E-state index contributed by atoms with van der Waals surface area (Å²) in [6.07, 6.45) is 2.84. The Morgan fingerprint density at radius 3 is 3.13 bits per heavy atom. The molecule has 0 aliphatic rings. The number of aromatic nitrogens is 1. The van der Waals surface area contributed by atoms with Gasteiger partial charge in [0.1, 0.15) is 6.61 Å². The first-order valence-corrected chi connectivity index (χ1v) is 5.27. The Balaban J connectivity index is 2.46. The van der Waals surface area contributed by atoms with E-state index in [9.17, 15) is 0 Å². The van der Waals surface area contributed by atoms with E-state index in [-0.39, 0.29) is 0 Å². The zero-order chi connectivity index (χ0) is 10.9. The second kappa shape index (κ2) is 7.01. The third kappa shape index (κ3) is 4.61. The molecule has 1 heterocycles. The minimum Gasteiger partial charge on any atom is -0.473 e. The van der Waals surface area contributed by atoms with Gasteiger partial charge in [-0.2, -0.15) is 0 Å². The largest absolute Gasteiger partial charge is 0.473 e. The Morgan fingerprint density at radius 1 is 1.53 bits per heavy atom. The van der Waals surface area contributed by atoms with E-state index < -0.39 is 0 Å². The maximum absolute atomic E-state index is 5.35. The summed E-state index contributed by atoms with van der Waals surface area (Å²) >= 11 is 0. The third-order valence-electron chi connectivity index (χ3n) is 1.86. The smallest absolute Gasteiger partial charge is 0.213 e. The SMILES string of the molecule is C=CCOc1cccc(CNCCC)n1. The quantitative estimate of drug-likeness (QED) is 0.548. The number of hydrogen-bond donors (Lipinski definition) is 1. The van der Waals surface area contributed by atoms with Gasteiger partial charge in [0.2, 0.25) is 5.88 Å². The van der Waals surface area contributed by atoms with E-state index in [0.29, 0.717) is 12.5 Å². The van der Waals surface area contributed by atoms with Crippen LogP contribution in [-0.4, -0.2) is 18.1 Å². The molecule has 1 N–H and O–H groups in total. The van der Waals surface area contributed by atoms with Crippen LogP contribution in [0.4, 0.5) is 0 Å². The van der Waals surface area contributed by atoms with Crippen LogP contribution in [0.3, 0.4) is 0 Å². The fourth-order valence-corrected chi connectivity index (χ4v) is 1.17. The monoisotopic (exact) mass is 206 g/mol. The van der Waals surface area contributed by atoms with E-state index in [4.69, 9.17) is 4.74 Å².